The van der Waals surface area contributed by atoms with Crippen LogP contribution in [0.1, 0.15) is 33.3 Å². The molecule has 0 atom stereocenters. The zero-order valence-electron chi connectivity index (χ0n) is 13.0. The van der Waals surface area contributed by atoms with Crippen LogP contribution in [0.3, 0.4) is 0 Å². The van der Waals surface area contributed by atoms with Crippen LogP contribution in [0.2, 0.25) is 0 Å². The van der Waals surface area contributed by atoms with E-state index in [9.17, 15) is 4.79 Å². The molecule has 0 fully saturated rings. The van der Waals surface area contributed by atoms with Gasteiger partial charge in [0.15, 0.2) is 3.95 Å². The number of H-pyrrole nitrogens is 1. The lowest BCUT2D eigenvalue weighted by Crippen LogP contribution is -2.33. The number of carbonyl (C=O) groups is 1. The van der Waals surface area contributed by atoms with Crippen molar-refractivity contribution in [1.29, 1.82) is 0 Å². The van der Waals surface area contributed by atoms with Crippen molar-refractivity contribution in [3.05, 3.63) is 33.8 Å². The minimum absolute atomic E-state index is 0.462. The first-order valence-electron chi connectivity index (χ1n) is 6.97. The number of carbonyl (C=O) groups excluding carboxylic acids is 1. The molecule has 2 rings (SSSR count). The van der Waals surface area contributed by atoms with E-state index >= 15 is 0 Å². The fourth-order valence-electron chi connectivity index (χ4n) is 1.80. The Bertz CT molecular complexity index is 699. The van der Waals surface area contributed by atoms with Gasteiger partial charge in [-0.1, -0.05) is 30.4 Å². The molecule has 0 radical (unpaired) electrons. The Morgan fingerprint density at radius 2 is 2.00 bits per heavy atom. The standard InChI is InChI=1S/C15H19N3O2S2/c1-5-10-6-8-11(9-7-10)18(12-16-17-13(21)22-12)14(19)20-15(2,3)4/h6-9H,5H2,1-4H3,(H,17,21). The van der Waals surface area contributed by atoms with Crippen molar-refractivity contribution in [2.24, 2.45) is 0 Å². The van der Waals surface area contributed by atoms with Crippen molar-refractivity contribution < 1.29 is 9.53 Å². The average Bonchev–Trinajstić information content (AvgIpc) is 2.84. The summed E-state index contributed by atoms with van der Waals surface area (Å²) in [6, 6.07) is 7.73. The molecule has 0 spiro atoms. The van der Waals surface area contributed by atoms with Crippen LogP contribution in [0.25, 0.3) is 0 Å². The number of hydrogen-bond donors (Lipinski definition) is 1. The Balaban J connectivity index is 2.40. The van der Waals surface area contributed by atoms with E-state index in [0.29, 0.717) is 14.8 Å². The van der Waals surface area contributed by atoms with Crippen LogP contribution in [0.5, 0.6) is 0 Å². The van der Waals surface area contributed by atoms with Crippen LogP contribution < -0.4 is 4.90 Å². The van der Waals surface area contributed by atoms with E-state index in [0.717, 1.165) is 6.42 Å². The second kappa shape index (κ2) is 6.58. The van der Waals surface area contributed by atoms with Gasteiger partial charge in [-0.15, -0.1) is 5.10 Å². The molecule has 7 heteroatoms. The monoisotopic (exact) mass is 337 g/mol. The van der Waals surface area contributed by atoms with Crippen molar-refractivity contribution in [1.82, 2.24) is 10.2 Å². The number of ether oxygens (including phenoxy) is 1. The molecule has 1 aromatic heterocycles. The second-order valence-corrected chi connectivity index (χ2v) is 7.38. The zero-order valence-corrected chi connectivity index (χ0v) is 14.7. The number of anilines is 2. The second-order valence-electron chi connectivity index (χ2n) is 5.73. The Morgan fingerprint density at radius 1 is 1.36 bits per heavy atom. The van der Waals surface area contributed by atoms with E-state index in [1.165, 1.54) is 21.8 Å². The van der Waals surface area contributed by atoms with Gasteiger partial charge in [0, 0.05) is 0 Å². The number of nitrogens with zero attached hydrogens (tertiary/aromatic N) is 2. The summed E-state index contributed by atoms with van der Waals surface area (Å²) in [6.07, 6.45) is 0.461. The predicted molar refractivity (Wildman–Crippen MR) is 91.5 cm³/mol. The molecule has 0 aliphatic heterocycles. The molecular weight excluding hydrogens is 318 g/mol. The largest absolute Gasteiger partial charge is 0.443 e. The summed E-state index contributed by atoms with van der Waals surface area (Å²) >= 11 is 6.29. The first-order valence-corrected chi connectivity index (χ1v) is 8.20. The number of aryl methyl sites for hydroxylation is 1. The van der Waals surface area contributed by atoms with Crippen molar-refractivity contribution in [3.63, 3.8) is 0 Å². The molecule has 0 unspecified atom stereocenters. The maximum atomic E-state index is 12.5. The molecule has 0 aliphatic carbocycles. The summed E-state index contributed by atoms with van der Waals surface area (Å²) in [7, 11) is 0. The highest BCUT2D eigenvalue weighted by atomic mass is 32.1. The third-order valence-electron chi connectivity index (χ3n) is 2.80. The van der Waals surface area contributed by atoms with Crippen molar-refractivity contribution >= 4 is 40.5 Å². The third kappa shape index (κ3) is 4.14. The van der Waals surface area contributed by atoms with Crippen LogP contribution in [-0.4, -0.2) is 21.9 Å². The van der Waals surface area contributed by atoms with Crippen molar-refractivity contribution in [2.45, 2.75) is 39.7 Å². The summed E-state index contributed by atoms with van der Waals surface area (Å²) in [5.41, 5.74) is 1.31. The van der Waals surface area contributed by atoms with Crippen LogP contribution in [-0.2, 0) is 11.2 Å². The predicted octanol–water partition coefficient (Wildman–Crippen LogP) is 4.84. The minimum Gasteiger partial charge on any atom is -0.443 e. The van der Waals surface area contributed by atoms with Crippen LogP contribution in [0.15, 0.2) is 24.3 Å². The number of nitrogens with one attached hydrogen (secondary N) is 1. The van der Waals surface area contributed by atoms with Crippen molar-refractivity contribution in [3.8, 4) is 0 Å². The zero-order chi connectivity index (χ0) is 16.3. The molecule has 5 nitrogen and oxygen atoms in total. The quantitative estimate of drug-likeness (QED) is 0.815. The minimum atomic E-state index is -0.587. The summed E-state index contributed by atoms with van der Waals surface area (Å²) in [4.78, 5) is 14.0. The first-order chi connectivity index (χ1) is 10.3. The van der Waals surface area contributed by atoms with Crippen LogP contribution in [0, 0.1) is 3.95 Å². The molecule has 118 valence electrons. The molecule has 22 heavy (non-hydrogen) atoms. The number of aromatic nitrogens is 2. The molecule has 1 aromatic carbocycles. The van der Waals surface area contributed by atoms with Gasteiger partial charge in [0.2, 0.25) is 5.13 Å². The summed E-state index contributed by atoms with van der Waals surface area (Å²) in [5, 5.41) is 7.26. The molecule has 2 aromatic rings. The molecule has 0 bridgehead atoms. The molecule has 1 heterocycles. The van der Waals surface area contributed by atoms with Gasteiger partial charge >= 0.3 is 6.09 Å². The lowest BCUT2D eigenvalue weighted by Gasteiger charge is -2.25. The molecule has 0 aliphatic rings. The SMILES string of the molecule is CCc1ccc(N(C(=O)OC(C)(C)C)c2n[nH]c(=S)s2)cc1. The van der Waals surface area contributed by atoms with Gasteiger partial charge < -0.3 is 4.74 Å². The van der Waals surface area contributed by atoms with Gasteiger partial charge in [0.05, 0.1) is 5.69 Å². The Morgan fingerprint density at radius 3 is 2.45 bits per heavy atom. The highest BCUT2D eigenvalue weighted by Gasteiger charge is 2.27. The third-order valence-corrected chi connectivity index (χ3v) is 3.87. The highest BCUT2D eigenvalue weighted by molar-refractivity contribution is 7.73. The fraction of sp³-hybridized carbons (Fsp3) is 0.400. The van der Waals surface area contributed by atoms with E-state index in [1.54, 1.807) is 0 Å². The molecule has 0 saturated carbocycles. The Hall–Kier alpha value is -1.73. The van der Waals surface area contributed by atoms with E-state index in [2.05, 4.69) is 17.1 Å². The summed E-state index contributed by atoms with van der Waals surface area (Å²) in [5.74, 6) is 0. The molecular formula is C15H19N3O2S2. The molecule has 0 saturated heterocycles. The van der Waals surface area contributed by atoms with E-state index in [4.69, 9.17) is 17.0 Å². The fourth-order valence-corrected chi connectivity index (χ4v) is 2.69. The maximum Gasteiger partial charge on any atom is 0.421 e. The van der Waals surface area contributed by atoms with E-state index < -0.39 is 11.7 Å². The topological polar surface area (TPSA) is 58.2 Å². The van der Waals surface area contributed by atoms with Gasteiger partial charge in [-0.3, -0.25) is 5.10 Å². The van der Waals surface area contributed by atoms with Gasteiger partial charge in [-0.05, 0) is 57.1 Å². The van der Waals surface area contributed by atoms with Crippen LogP contribution in [0.4, 0.5) is 15.6 Å². The van der Waals surface area contributed by atoms with Crippen molar-refractivity contribution in [2.75, 3.05) is 4.90 Å². The lowest BCUT2D eigenvalue weighted by atomic mass is 10.1. The van der Waals surface area contributed by atoms with Gasteiger partial charge in [0.25, 0.3) is 0 Å². The van der Waals surface area contributed by atoms with Gasteiger partial charge in [-0.2, -0.15) is 0 Å². The van der Waals surface area contributed by atoms with Gasteiger partial charge in [0.1, 0.15) is 5.60 Å². The summed E-state index contributed by atoms with van der Waals surface area (Å²) < 4.78 is 5.99. The number of rotatable bonds is 3. The normalized spacial score (nSPS) is 11.3. The van der Waals surface area contributed by atoms with E-state index in [-0.39, 0.29) is 0 Å². The summed E-state index contributed by atoms with van der Waals surface area (Å²) in [6.45, 7) is 7.57. The van der Waals surface area contributed by atoms with Crippen LogP contribution >= 0.6 is 23.6 Å². The maximum absolute atomic E-state index is 12.5. The smallest absolute Gasteiger partial charge is 0.421 e. The molecule has 1 N–H and O–H groups in total. The van der Waals surface area contributed by atoms with E-state index in [1.807, 2.05) is 45.0 Å². The number of aromatic amines is 1. The Kier molecular flexibility index (Phi) is 4.97. The first kappa shape index (κ1) is 16.6. The lowest BCUT2D eigenvalue weighted by molar-refractivity contribution is 0.0599. The molecule has 1 amide bonds. The van der Waals surface area contributed by atoms with Gasteiger partial charge in [-0.25, -0.2) is 9.69 Å². The number of amides is 1. The highest BCUT2D eigenvalue weighted by Crippen LogP contribution is 2.29. The Labute approximate surface area is 138 Å². The number of hydrogen-bond acceptors (Lipinski definition) is 5. The average molecular weight is 337 g/mol. The number of benzene rings is 1.